The molecule has 0 spiro atoms. The normalized spacial score (nSPS) is 10.8. The molecule has 0 aromatic heterocycles. The summed E-state index contributed by atoms with van der Waals surface area (Å²) in [6.45, 7) is 5.03. The highest BCUT2D eigenvalue weighted by molar-refractivity contribution is 6.31. The van der Waals surface area contributed by atoms with Crippen LogP contribution in [-0.4, -0.2) is 19.1 Å². The summed E-state index contributed by atoms with van der Waals surface area (Å²) in [7, 11) is 0. The molecule has 0 aliphatic carbocycles. The van der Waals surface area contributed by atoms with Gasteiger partial charge in [-0.2, -0.15) is 5.26 Å². The SMILES string of the molecule is CCOc1ccc(NC(=O)/C(C#N)=C\c2ccc(OCc3ccccc3Cl)c(OCC)c2)cc1. The zero-order valence-electron chi connectivity index (χ0n) is 19.0. The second kappa shape index (κ2) is 12.3. The van der Waals surface area contributed by atoms with E-state index in [-0.39, 0.29) is 12.2 Å². The van der Waals surface area contributed by atoms with Gasteiger partial charge >= 0.3 is 0 Å². The average molecular weight is 477 g/mol. The fourth-order valence-corrected chi connectivity index (χ4v) is 3.28. The van der Waals surface area contributed by atoms with Crippen LogP contribution >= 0.6 is 11.6 Å². The van der Waals surface area contributed by atoms with Crippen molar-refractivity contribution in [3.63, 3.8) is 0 Å². The largest absolute Gasteiger partial charge is 0.494 e. The number of hydrogen-bond donors (Lipinski definition) is 1. The van der Waals surface area contributed by atoms with E-state index in [0.29, 0.717) is 46.7 Å². The minimum absolute atomic E-state index is 0.0407. The Balaban J connectivity index is 1.75. The molecule has 0 atom stereocenters. The molecule has 7 heteroatoms. The van der Waals surface area contributed by atoms with Crippen molar-refractivity contribution in [3.05, 3.63) is 88.5 Å². The van der Waals surface area contributed by atoms with Crippen molar-refractivity contribution in [1.29, 1.82) is 5.26 Å². The van der Waals surface area contributed by atoms with Gasteiger partial charge in [-0.25, -0.2) is 0 Å². The van der Waals surface area contributed by atoms with Gasteiger partial charge in [-0.1, -0.05) is 35.9 Å². The minimum atomic E-state index is -0.510. The first-order chi connectivity index (χ1) is 16.5. The number of amides is 1. The summed E-state index contributed by atoms with van der Waals surface area (Å²) in [6.07, 6.45) is 1.50. The molecule has 1 N–H and O–H groups in total. The van der Waals surface area contributed by atoms with Crippen molar-refractivity contribution in [2.24, 2.45) is 0 Å². The fraction of sp³-hybridized carbons (Fsp3) is 0.185. The quantitative estimate of drug-likeness (QED) is 0.276. The number of anilines is 1. The monoisotopic (exact) mass is 476 g/mol. The molecular formula is C27H25ClN2O4. The predicted molar refractivity (Wildman–Crippen MR) is 133 cm³/mol. The molecule has 0 aliphatic heterocycles. The Kier molecular flexibility index (Phi) is 8.96. The van der Waals surface area contributed by atoms with E-state index in [4.69, 9.17) is 25.8 Å². The Labute approximate surface area is 204 Å². The van der Waals surface area contributed by atoms with E-state index in [1.54, 1.807) is 48.5 Å². The molecule has 34 heavy (non-hydrogen) atoms. The number of nitrogens with zero attached hydrogens (tertiary/aromatic N) is 1. The van der Waals surface area contributed by atoms with Crippen LogP contribution in [0.5, 0.6) is 17.2 Å². The first kappa shape index (κ1) is 24.7. The summed E-state index contributed by atoms with van der Waals surface area (Å²) >= 11 is 6.21. The number of rotatable bonds is 10. The number of nitrogens with one attached hydrogen (secondary N) is 1. The zero-order chi connectivity index (χ0) is 24.3. The smallest absolute Gasteiger partial charge is 0.266 e. The summed E-state index contributed by atoms with van der Waals surface area (Å²) in [5.41, 5.74) is 2.01. The van der Waals surface area contributed by atoms with Crippen molar-refractivity contribution in [2.75, 3.05) is 18.5 Å². The van der Waals surface area contributed by atoms with Crippen LogP contribution in [0.15, 0.2) is 72.3 Å². The number of ether oxygens (including phenoxy) is 3. The maximum atomic E-state index is 12.6. The fourth-order valence-electron chi connectivity index (χ4n) is 3.09. The van der Waals surface area contributed by atoms with Gasteiger partial charge in [0.15, 0.2) is 11.5 Å². The topological polar surface area (TPSA) is 80.6 Å². The van der Waals surface area contributed by atoms with E-state index in [2.05, 4.69) is 5.32 Å². The van der Waals surface area contributed by atoms with Gasteiger partial charge in [0.05, 0.1) is 13.2 Å². The summed E-state index contributed by atoms with van der Waals surface area (Å²) in [5, 5.41) is 12.9. The molecule has 3 aromatic carbocycles. The van der Waals surface area contributed by atoms with Gasteiger partial charge < -0.3 is 19.5 Å². The molecular weight excluding hydrogens is 452 g/mol. The van der Waals surface area contributed by atoms with E-state index >= 15 is 0 Å². The zero-order valence-corrected chi connectivity index (χ0v) is 19.8. The molecule has 1 amide bonds. The molecule has 0 heterocycles. The molecule has 0 saturated heterocycles. The van der Waals surface area contributed by atoms with E-state index in [0.717, 1.165) is 5.56 Å². The minimum Gasteiger partial charge on any atom is -0.494 e. The van der Waals surface area contributed by atoms with Gasteiger partial charge in [-0.15, -0.1) is 0 Å². The van der Waals surface area contributed by atoms with Crippen molar-refractivity contribution in [1.82, 2.24) is 0 Å². The van der Waals surface area contributed by atoms with Crippen LogP contribution in [0.2, 0.25) is 5.02 Å². The molecule has 3 rings (SSSR count). The average Bonchev–Trinajstić information content (AvgIpc) is 2.84. The second-order valence-corrected chi connectivity index (χ2v) is 7.51. The summed E-state index contributed by atoms with van der Waals surface area (Å²) in [4.78, 5) is 12.6. The number of nitriles is 1. The van der Waals surface area contributed by atoms with Crippen LogP contribution in [-0.2, 0) is 11.4 Å². The van der Waals surface area contributed by atoms with Gasteiger partial charge in [0.1, 0.15) is 24.0 Å². The van der Waals surface area contributed by atoms with Gasteiger partial charge in [0.25, 0.3) is 5.91 Å². The number of halogens is 1. The third-order valence-electron chi connectivity index (χ3n) is 4.71. The lowest BCUT2D eigenvalue weighted by Crippen LogP contribution is -2.13. The highest BCUT2D eigenvalue weighted by Crippen LogP contribution is 2.31. The number of carbonyl (C=O) groups is 1. The van der Waals surface area contributed by atoms with Crippen molar-refractivity contribution in [3.8, 4) is 23.3 Å². The van der Waals surface area contributed by atoms with Crippen LogP contribution in [0.1, 0.15) is 25.0 Å². The van der Waals surface area contributed by atoms with Crippen LogP contribution in [0.4, 0.5) is 5.69 Å². The van der Waals surface area contributed by atoms with Gasteiger partial charge in [0, 0.05) is 16.3 Å². The van der Waals surface area contributed by atoms with Crippen molar-refractivity contribution in [2.45, 2.75) is 20.5 Å². The Morgan fingerprint density at radius 2 is 1.71 bits per heavy atom. The van der Waals surface area contributed by atoms with E-state index < -0.39 is 5.91 Å². The maximum absolute atomic E-state index is 12.6. The summed E-state index contributed by atoms with van der Waals surface area (Å²) in [5.74, 6) is 1.24. The lowest BCUT2D eigenvalue weighted by Gasteiger charge is -2.13. The molecule has 0 bridgehead atoms. The molecule has 0 fully saturated rings. The standard InChI is InChI=1S/C27H25ClN2O4/c1-3-32-23-12-10-22(11-13-23)30-27(31)21(17-29)15-19-9-14-25(26(16-19)33-4-2)34-18-20-7-5-6-8-24(20)28/h5-16H,3-4,18H2,1-2H3,(H,30,31)/b21-15-. The molecule has 0 saturated carbocycles. The predicted octanol–water partition coefficient (Wildman–Crippen LogP) is 6.26. The van der Waals surface area contributed by atoms with E-state index in [1.165, 1.54) is 6.08 Å². The van der Waals surface area contributed by atoms with Crippen molar-refractivity contribution < 1.29 is 19.0 Å². The molecule has 6 nitrogen and oxygen atoms in total. The Bertz CT molecular complexity index is 1200. The van der Waals surface area contributed by atoms with E-state index in [1.807, 2.05) is 38.1 Å². The molecule has 0 radical (unpaired) electrons. The molecule has 174 valence electrons. The van der Waals surface area contributed by atoms with Crippen LogP contribution in [0.25, 0.3) is 6.08 Å². The van der Waals surface area contributed by atoms with Gasteiger partial charge in [0.2, 0.25) is 0 Å². The first-order valence-electron chi connectivity index (χ1n) is 10.8. The molecule has 0 unspecified atom stereocenters. The van der Waals surface area contributed by atoms with Crippen LogP contribution < -0.4 is 19.5 Å². The lowest BCUT2D eigenvalue weighted by molar-refractivity contribution is -0.112. The lowest BCUT2D eigenvalue weighted by atomic mass is 10.1. The third kappa shape index (κ3) is 6.77. The Hall–Kier alpha value is -3.95. The summed E-state index contributed by atoms with van der Waals surface area (Å²) < 4.78 is 17.0. The molecule has 0 aliphatic rings. The highest BCUT2D eigenvalue weighted by atomic mass is 35.5. The number of benzene rings is 3. The van der Waals surface area contributed by atoms with Gasteiger partial charge in [-0.3, -0.25) is 4.79 Å². The van der Waals surface area contributed by atoms with Crippen molar-refractivity contribution >= 4 is 29.3 Å². The number of carbonyl (C=O) groups excluding carboxylic acids is 1. The Morgan fingerprint density at radius 1 is 0.971 bits per heavy atom. The second-order valence-electron chi connectivity index (χ2n) is 7.10. The van der Waals surface area contributed by atoms with Crippen LogP contribution in [0.3, 0.4) is 0 Å². The van der Waals surface area contributed by atoms with E-state index in [9.17, 15) is 10.1 Å². The maximum Gasteiger partial charge on any atom is 0.266 e. The summed E-state index contributed by atoms with van der Waals surface area (Å²) in [6, 6.07) is 21.6. The third-order valence-corrected chi connectivity index (χ3v) is 5.08. The highest BCUT2D eigenvalue weighted by Gasteiger charge is 2.12. The molecule has 3 aromatic rings. The first-order valence-corrected chi connectivity index (χ1v) is 11.2. The number of hydrogen-bond acceptors (Lipinski definition) is 5. The van der Waals surface area contributed by atoms with Crippen LogP contribution in [0, 0.1) is 11.3 Å². The Morgan fingerprint density at radius 3 is 2.38 bits per heavy atom. The van der Waals surface area contributed by atoms with Gasteiger partial charge in [-0.05, 0) is 68.0 Å².